The van der Waals surface area contributed by atoms with Crippen molar-refractivity contribution in [2.45, 2.75) is 6.54 Å². The maximum Gasteiger partial charge on any atom is 0.259 e. The average Bonchev–Trinajstić information content (AvgIpc) is 2.57. The summed E-state index contributed by atoms with van der Waals surface area (Å²) in [7, 11) is 1.68. The molecule has 1 aromatic heterocycles. The number of aromatic amines is 1. The molecular formula is C18H14ClIN2O2. The standard InChI is InChI=1S/C18H14ClIN2O2/c1-22(10-11-5-7-12(19)8-6-11)18(24)14-9-21-16-13(17(14)23)3-2-4-15(16)20/h2-9H,10H2,1H3,(H,21,23). The van der Waals surface area contributed by atoms with E-state index in [0.29, 0.717) is 17.0 Å². The molecule has 0 fully saturated rings. The van der Waals surface area contributed by atoms with Gasteiger partial charge in [-0.25, -0.2) is 0 Å². The quantitative estimate of drug-likeness (QED) is 0.610. The van der Waals surface area contributed by atoms with E-state index in [0.717, 1.165) is 14.7 Å². The van der Waals surface area contributed by atoms with Gasteiger partial charge in [-0.3, -0.25) is 9.59 Å². The van der Waals surface area contributed by atoms with Crippen LogP contribution in [0.15, 0.2) is 53.5 Å². The van der Waals surface area contributed by atoms with Crippen molar-refractivity contribution in [3.8, 4) is 0 Å². The summed E-state index contributed by atoms with van der Waals surface area (Å²) in [6.45, 7) is 0.403. The average molecular weight is 453 g/mol. The number of rotatable bonds is 3. The summed E-state index contributed by atoms with van der Waals surface area (Å²) in [4.78, 5) is 29.9. The van der Waals surface area contributed by atoms with E-state index in [4.69, 9.17) is 11.6 Å². The Morgan fingerprint density at radius 3 is 2.62 bits per heavy atom. The minimum atomic E-state index is -0.313. The smallest absolute Gasteiger partial charge is 0.259 e. The van der Waals surface area contributed by atoms with Crippen LogP contribution in [0, 0.1) is 3.57 Å². The Hall–Kier alpha value is -1.86. The molecule has 0 saturated heterocycles. The SMILES string of the molecule is CN(Cc1ccc(Cl)cc1)C(=O)c1c[nH]c2c(I)cccc2c1=O. The van der Waals surface area contributed by atoms with Crippen molar-refractivity contribution in [1.82, 2.24) is 9.88 Å². The van der Waals surface area contributed by atoms with E-state index in [9.17, 15) is 9.59 Å². The van der Waals surface area contributed by atoms with Gasteiger partial charge in [0.25, 0.3) is 5.91 Å². The topological polar surface area (TPSA) is 53.2 Å². The lowest BCUT2D eigenvalue weighted by molar-refractivity contribution is 0.0783. The third-order valence-corrected chi connectivity index (χ3v) is 4.92. The Morgan fingerprint density at radius 1 is 1.21 bits per heavy atom. The van der Waals surface area contributed by atoms with Crippen LogP contribution in [0.1, 0.15) is 15.9 Å². The number of hydrogen-bond acceptors (Lipinski definition) is 2. The van der Waals surface area contributed by atoms with Gasteiger partial charge in [-0.15, -0.1) is 0 Å². The van der Waals surface area contributed by atoms with Gasteiger partial charge in [-0.1, -0.05) is 29.8 Å². The molecule has 0 aliphatic rings. The van der Waals surface area contributed by atoms with Gasteiger partial charge in [0.05, 0.1) is 5.52 Å². The molecule has 2 aromatic carbocycles. The number of fused-ring (bicyclic) bond motifs is 1. The van der Waals surface area contributed by atoms with Gasteiger partial charge in [-0.05, 0) is 52.4 Å². The lowest BCUT2D eigenvalue weighted by Gasteiger charge is -2.17. The lowest BCUT2D eigenvalue weighted by Crippen LogP contribution is -2.30. The molecule has 122 valence electrons. The summed E-state index contributed by atoms with van der Waals surface area (Å²) in [6.07, 6.45) is 1.49. The predicted octanol–water partition coefficient (Wildman–Crippen LogP) is 4.06. The van der Waals surface area contributed by atoms with Crippen molar-refractivity contribution < 1.29 is 4.79 Å². The number of pyridine rings is 1. The maximum atomic E-state index is 12.6. The molecule has 24 heavy (non-hydrogen) atoms. The Labute approximate surface area is 157 Å². The second-order valence-electron chi connectivity index (χ2n) is 5.48. The third kappa shape index (κ3) is 3.32. The van der Waals surface area contributed by atoms with Gasteiger partial charge in [0, 0.05) is 33.8 Å². The molecule has 0 atom stereocenters. The molecule has 3 aromatic rings. The normalized spacial score (nSPS) is 10.8. The van der Waals surface area contributed by atoms with Crippen molar-refractivity contribution in [3.05, 3.63) is 78.6 Å². The van der Waals surface area contributed by atoms with Crippen LogP contribution >= 0.6 is 34.2 Å². The molecule has 4 nitrogen and oxygen atoms in total. The number of aromatic nitrogens is 1. The van der Waals surface area contributed by atoms with Gasteiger partial charge in [0.2, 0.25) is 5.43 Å². The molecule has 0 spiro atoms. The van der Waals surface area contributed by atoms with Crippen molar-refractivity contribution in [2.24, 2.45) is 0 Å². The molecule has 0 unspecified atom stereocenters. The van der Waals surface area contributed by atoms with Gasteiger partial charge in [0.1, 0.15) is 5.56 Å². The number of carbonyl (C=O) groups is 1. The first-order valence-electron chi connectivity index (χ1n) is 7.27. The molecule has 3 rings (SSSR count). The molecular weight excluding hydrogens is 439 g/mol. The number of hydrogen-bond donors (Lipinski definition) is 1. The molecule has 1 amide bonds. The molecule has 0 aliphatic heterocycles. The summed E-state index contributed by atoms with van der Waals surface area (Å²) in [6, 6.07) is 12.7. The van der Waals surface area contributed by atoms with E-state index >= 15 is 0 Å². The summed E-state index contributed by atoms with van der Waals surface area (Å²) in [5, 5.41) is 1.17. The number of nitrogens with one attached hydrogen (secondary N) is 1. The molecule has 0 bridgehead atoms. The first-order valence-corrected chi connectivity index (χ1v) is 8.73. The molecule has 0 aliphatic carbocycles. The fourth-order valence-corrected chi connectivity index (χ4v) is 3.29. The highest BCUT2D eigenvalue weighted by molar-refractivity contribution is 14.1. The van der Waals surface area contributed by atoms with Gasteiger partial charge in [-0.2, -0.15) is 0 Å². The van der Waals surface area contributed by atoms with Gasteiger partial charge >= 0.3 is 0 Å². The van der Waals surface area contributed by atoms with Crippen LogP contribution in [-0.2, 0) is 6.54 Å². The fourth-order valence-electron chi connectivity index (χ4n) is 2.51. The van der Waals surface area contributed by atoms with E-state index in [1.54, 1.807) is 25.2 Å². The largest absolute Gasteiger partial charge is 0.359 e. The van der Waals surface area contributed by atoms with Crippen LogP contribution < -0.4 is 5.43 Å². The molecule has 1 heterocycles. The van der Waals surface area contributed by atoms with Crippen LogP contribution in [0.2, 0.25) is 5.02 Å². The third-order valence-electron chi connectivity index (χ3n) is 3.77. The Morgan fingerprint density at radius 2 is 1.92 bits per heavy atom. The van der Waals surface area contributed by atoms with E-state index < -0.39 is 0 Å². The monoisotopic (exact) mass is 452 g/mol. The minimum absolute atomic E-state index is 0.140. The highest BCUT2D eigenvalue weighted by Gasteiger charge is 2.17. The van der Waals surface area contributed by atoms with Gasteiger partial charge < -0.3 is 9.88 Å². The lowest BCUT2D eigenvalue weighted by atomic mass is 10.1. The second-order valence-corrected chi connectivity index (χ2v) is 7.08. The van der Waals surface area contributed by atoms with Crippen LogP contribution in [0.4, 0.5) is 0 Å². The maximum absolute atomic E-state index is 12.6. The predicted molar refractivity (Wildman–Crippen MR) is 105 cm³/mol. The van der Waals surface area contributed by atoms with Crippen LogP contribution in [-0.4, -0.2) is 22.8 Å². The van der Waals surface area contributed by atoms with Crippen LogP contribution in [0.5, 0.6) is 0 Å². The molecule has 6 heteroatoms. The number of H-pyrrole nitrogens is 1. The van der Waals surface area contributed by atoms with Gasteiger partial charge in [0.15, 0.2) is 0 Å². The van der Waals surface area contributed by atoms with E-state index in [-0.39, 0.29) is 16.9 Å². The zero-order valence-electron chi connectivity index (χ0n) is 12.8. The number of carbonyl (C=O) groups excluding carboxylic acids is 1. The van der Waals surface area contributed by atoms with E-state index in [2.05, 4.69) is 27.6 Å². The summed E-state index contributed by atoms with van der Waals surface area (Å²) >= 11 is 8.03. The number of benzene rings is 2. The zero-order chi connectivity index (χ0) is 17.3. The van der Waals surface area contributed by atoms with Crippen molar-refractivity contribution in [1.29, 1.82) is 0 Å². The van der Waals surface area contributed by atoms with E-state index in [1.165, 1.54) is 11.1 Å². The van der Waals surface area contributed by atoms with Crippen LogP contribution in [0.3, 0.4) is 0 Å². The van der Waals surface area contributed by atoms with Crippen molar-refractivity contribution >= 4 is 51.0 Å². The number of nitrogens with zero attached hydrogens (tertiary/aromatic N) is 1. The highest BCUT2D eigenvalue weighted by atomic mass is 127. The first kappa shape index (κ1) is 17.0. The summed E-state index contributed by atoms with van der Waals surface area (Å²) in [5.74, 6) is -0.313. The van der Waals surface area contributed by atoms with Crippen molar-refractivity contribution in [2.75, 3.05) is 7.05 Å². The number of amides is 1. The fraction of sp³-hybridized carbons (Fsp3) is 0.111. The second kappa shape index (κ2) is 6.94. The highest BCUT2D eigenvalue weighted by Crippen LogP contribution is 2.17. The minimum Gasteiger partial charge on any atom is -0.359 e. The van der Waals surface area contributed by atoms with Crippen molar-refractivity contribution in [3.63, 3.8) is 0 Å². The Bertz CT molecular complexity index is 967. The van der Waals surface area contributed by atoms with Crippen LogP contribution in [0.25, 0.3) is 10.9 Å². The van der Waals surface area contributed by atoms with E-state index in [1.807, 2.05) is 24.3 Å². The number of para-hydroxylation sites is 1. The first-order chi connectivity index (χ1) is 11.5. The molecule has 0 radical (unpaired) electrons. The summed E-state index contributed by atoms with van der Waals surface area (Å²) in [5.41, 5.74) is 1.58. The molecule has 1 N–H and O–H groups in total. The molecule has 0 saturated carbocycles. The Balaban J connectivity index is 1.92. The zero-order valence-corrected chi connectivity index (χ0v) is 15.8. The number of halogens is 2. The Kier molecular flexibility index (Phi) is 4.91. The summed E-state index contributed by atoms with van der Waals surface area (Å²) < 4.78 is 0.940.